The number of nitrogen functional groups attached to an aromatic ring is 1. The molecule has 4 N–H and O–H groups in total. The molecule has 0 aromatic heterocycles. The van der Waals surface area contributed by atoms with Crippen LogP contribution in [0.25, 0.3) is 10.8 Å². The van der Waals surface area contributed by atoms with Crippen LogP contribution < -0.4 is 19.9 Å². The van der Waals surface area contributed by atoms with Crippen molar-refractivity contribution in [1.29, 1.82) is 5.41 Å². The maximum absolute atomic E-state index is 12.9. The molecule has 196 valence electrons. The van der Waals surface area contributed by atoms with Crippen LogP contribution in [0.1, 0.15) is 34.2 Å². The summed E-state index contributed by atoms with van der Waals surface area (Å²) in [6, 6.07) is 24.9. The number of hydrogen-bond donors (Lipinski definition) is 3. The van der Waals surface area contributed by atoms with Gasteiger partial charge in [0, 0.05) is 11.6 Å². The second-order valence-corrected chi connectivity index (χ2v) is 11.5. The summed E-state index contributed by atoms with van der Waals surface area (Å²) in [5, 5.41) is 9.70. The van der Waals surface area contributed by atoms with Crippen molar-refractivity contribution in [2.75, 3.05) is 7.11 Å². The van der Waals surface area contributed by atoms with E-state index in [4.69, 9.17) is 20.6 Å². The molecule has 0 bridgehead atoms. The van der Waals surface area contributed by atoms with Crippen LogP contribution >= 0.6 is 0 Å². The number of amidine groups is 1. The van der Waals surface area contributed by atoms with Gasteiger partial charge in [-0.3, -0.25) is 5.41 Å². The van der Waals surface area contributed by atoms with Crippen molar-refractivity contribution >= 4 is 26.6 Å². The molecule has 1 aliphatic rings. The molecule has 0 fully saturated rings. The van der Waals surface area contributed by atoms with Crippen molar-refractivity contribution in [2.45, 2.75) is 37.7 Å². The van der Waals surface area contributed by atoms with Gasteiger partial charge in [-0.15, -0.1) is 0 Å². The molecule has 1 aliphatic carbocycles. The summed E-state index contributed by atoms with van der Waals surface area (Å²) in [6.45, 7) is 0.416. The number of sulfonamides is 1. The molecule has 7 nitrogen and oxygen atoms in total. The van der Waals surface area contributed by atoms with Crippen LogP contribution in [0.3, 0.4) is 0 Å². The minimum absolute atomic E-state index is 0.0543. The Morgan fingerprint density at radius 1 is 0.947 bits per heavy atom. The van der Waals surface area contributed by atoms with E-state index in [0.717, 1.165) is 40.5 Å². The average Bonchev–Trinajstić information content (AvgIpc) is 2.90. The Morgan fingerprint density at radius 3 is 2.58 bits per heavy atom. The van der Waals surface area contributed by atoms with Crippen LogP contribution in [0.4, 0.5) is 0 Å². The number of rotatable bonds is 9. The van der Waals surface area contributed by atoms with E-state index in [-0.39, 0.29) is 17.6 Å². The fraction of sp³-hybridized carbons (Fsp3) is 0.233. The Bertz CT molecular complexity index is 1600. The van der Waals surface area contributed by atoms with Crippen LogP contribution in [-0.4, -0.2) is 27.4 Å². The van der Waals surface area contributed by atoms with E-state index in [0.29, 0.717) is 29.9 Å². The molecule has 0 heterocycles. The van der Waals surface area contributed by atoms with E-state index in [1.54, 1.807) is 31.4 Å². The zero-order chi connectivity index (χ0) is 26.7. The van der Waals surface area contributed by atoms with Crippen molar-refractivity contribution < 1.29 is 17.9 Å². The topological polar surface area (TPSA) is 115 Å². The summed E-state index contributed by atoms with van der Waals surface area (Å²) >= 11 is 0. The average molecular weight is 530 g/mol. The van der Waals surface area contributed by atoms with Gasteiger partial charge in [-0.1, -0.05) is 42.5 Å². The van der Waals surface area contributed by atoms with Gasteiger partial charge in [0.1, 0.15) is 23.9 Å². The minimum Gasteiger partial charge on any atom is -0.497 e. The fourth-order valence-corrected chi connectivity index (χ4v) is 6.33. The van der Waals surface area contributed by atoms with E-state index in [2.05, 4.69) is 16.9 Å². The van der Waals surface area contributed by atoms with Gasteiger partial charge in [-0.25, -0.2) is 13.1 Å². The standard InChI is InChI=1S/C30H31N3O4S/c1-36-28-4-2-3-21(14-28)19-38(34,35)33-27-11-9-22-10-12-29(17-26(22)16-27)37-18-20-5-6-24-15-25(30(31)32)8-7-23(24)13-20/h2-8,10,12-15,17,27,33H,9,11,16,18-19H2,1H3,(H3,31,32). The summed E-state index contributed by atoms with van der Waals surface area (Å²) < 4.78 is 39.9. The van der Waals surface area contributed by atoms with Crippen LogP contribution in [-0.2, 0) is 35.2 Å². The minimum atomic E-state index is -3.50. The van der Waals surface area contributed by atoms with E-state index in [1.807, 2.05) is 42.5 Å². The number of nitrogens with one attached hydrogen (secondary N) is 2. The lowest BCUT2D eigenvalue weighted by molar-refractivity contribution is 0.305. The lowest BCUT2D eigenvalue weighted by Gasteiger charge is -2.26. The van der Waals surface area contributed by atoms with Crippen molar-refractivity contribution in [1.82, 2.24) is 4.72 Å². The molecular weight excluding hydrogens is 498 g/mol. The smallest absolute Gasteiger partial charge is 0.216 e. The van der Waals surface area contributed by atoms with Crippen LogP contribution in [0.2, 0.25) is 0 Å². The van der Waals surface area contributed by atoms with Gasteiger partial charge in [0.15, 0.2) is 0 Å². The molecule has 8 heteroatoms. The first-order valence-corrected chi connectivity index (χ1v) is 14.2. The summed E-state index contributed by atoms with van der Waals surface area (Å²) in [5.41, 5.74) is 10.4. The first-order valence-electron chi connectivity index (χ1n) is 12.5. The Kier molecular flexibility index (Phi) is 7.35. The largest absolute Gasteiger partial charge is 0.497 e. The van der Waals surface area contributed by atoms with Crippen LogP contribution in [0, 0.1) is 5.41 Å². The monoisotopic (exact) mass is 529 g/mol. The molecule has 0 aliphatic heterocycles. The molecule has 4 aromatic carbocycles. The molecule has 0 spiro atoms. The van der Waals surface area contributed by atoms with Gasteiger partial charge in [-0.2, -0.15) is 0 Å². The molecule has 4 aromatic rings. The van der Waals surface area contributed by atoms with Crippen molar-refractivity contribution in [2.24, 2.45) is 5.73 Å². The Labute approximate surface area is 223 Å². The predicted octanol–water partition coefficient (Wildman–Crippen LogP) is 4.69. The fourth-order valence-electron chi connectivity index (χ4n) is 4.92. The third-order valence-corrected chi connectivity index (χ3v) is 8.27. The lowest BCUT2D eigenvalue weighted by Crippen LogP contribution is -2.39. The van der Waals surface area contributed by atoms with Crippen molar-refractivity contribution in [3.05, 3.63) is 107 Å². The van der Waals surface area contributed by atoms with E-state index in [1.165, 1.54) is 5.56 Å². The molecule has 1 unspecified atom stereocenters. The molecule has 0 saturated carbocycles. The van der Waals surface area contributed by atoms with E-state index in [9.17, 15) is 8.42 Å². The zero-order valence-electron chi connectivity index (χ0n) is 21.2. The Hall–Kier alpha value is -3.88. The molecule has 1 atom stereocenters. The van der Waals surface area contributed by atoms with Gasteiger partial charge in [0.05, 0.1) is 12.9 Å². The highest BCUT2D eigenvalue weighted by Crippen LogP contribution is 2.27. The van der Waals surface area contributed by atoms with Crippen molar-refractivity contribution in [3.8, 4) is 11.5 Å². The second-order valence-electron chi connectivity index (χ2n) is 9.70. The van der Waals surface area contributed by atoms with Gasteiger partial charge in [-0.05, 0) is 88.7 Å². The highest BCUT2D eigenvalue weighted by molar-refractivity contribution is 7.88. The number of hydrogen-bond acceptors (Lipinski definition) is 5. The molecule has 5 rings (SSSR count). The molecular formula is C30H31N3O4S. The second kappa shape index (κ2) is 10.8. The first kappa shape index (κ1) is 25.8. The number of benzene rings is 4. The predicted molar refractivity (Wildman–Crippen MR) is 150 cm³/mol. The third kappa shape index (κ3) is 6.15. The van der Waals surface area contributed by atoms with E-state index < -0.39 is 10.0 Å². The summed E-state index contributed by atoms with van der Waals surface area (Å²) in [4.78, 5) is 0. The lowest BCUT2D eigenvalue weighted by atomic mass is 9.89. The number of ether oxygens (including phenoxy) is 2. The molecule has 0 amide bonds. The first-order chi connectivity index (χ1) is 18.3. The highest BCUT2D eigenvalue weighted by Gasteiger charge is 2.24. The third-order valence-electron chi connectivity index (χ3n) is 6.86. The Morgan fingerprint density at radius 2 is 1.76 bits per heavy atom. The van der Waals surface area contributed by atoms with Gasteiger partial charge >= 0.3 is 0 Å². The normalized spacial score (nSPS) is 15.1. The molecule has 0 saturated heterocycles. The quantitative estimate of drug-likeness (QED) is 0.215. The zero-order valence-corrected chi connectivity index (χ0v) is 22.1. The van der Waals surface area contributed by atoms with Gasteiger partial charge < -0.3 is 15.2 Å². The number of aryl methyl sites for hydroxylation is 1. The highest BCUT2D eigenvalue weighted by atomic mass is 32.2. The Balaban J connectivity index is 1.22. The summed E-state index contributed by atoms with van der Waals surface area (Å²) in [6.07, 6.45) is 2.19. The van der Waals surface area contributed by atoms with Crippen LogP contribution in [0.15, 0.2) is 78.9 Å². The van der Waals surface area contributed by atoms with Gasteiger partial charge in [0.2, 0.25) is 10.0 Å². The van der Waals surface area contributed by atoms with Crippen molar-refractivity contribution in [3.63, 3.8) is 0 Å². The van der Waals surface area contributed by atoms with Gasteiger partial charge in [0.25, 0.3) is 0 Å². The molecule has 0 radical (unpaired) electrons. The maximum Gasteiger partial charge on any atom is 0.216 e. The SMILES string of the molecule is COc1cccc(CS(=O)(=O)NC2CCc3ccc(OCc4ccc5cc(C(=N)N)ccc5c4)cc3C2)c1. The van der Waals surface area contributed by atoms with Crippen LogP contribution in [0.5, 0.6) is 11.5 Å². The number of methoxy groups -OCH3 is 1. The molecule has 38 heavy (non-hydrogen) atoms. The maximum atomic E-state index is 12.9. The number of fused-ring (bicyclic) bond motifs is 2. The van der Waals surface area contributed by atoms with E-state index >= 15 is 0 Å². The summed E-state index contributed by atoms with van der Waals surface area (Å²) in [7, 11) is -1.93. The summed E-state index contributed by atoms with van der Waals surface area (Å²) in [5.74, 6) is 1.37. The number of nitrogens with two attached hydrogens (primary N) is 1.